The van der Waals surface area contributed by atoms with Gasteiger partial charge >= 0.3 is 0 Å². The van der Waals surface area contributed by atoms with Crippen LogP contribution in [0.15, 0.2) is 48.5 Å². The number of aliphatic hydroxyl groups is 2. The second kappa shape index (κ2) is 8.42. The van der Waals surface area contributed by atoms with Gasteiger partial charge in [-0.1, -0.05) is 0 Å². The number of benzene rings is 2. The van der Waals surface area contributed by atoms with Crippen molar-refractivity contribution < 1.29 is 25.4 Å². The van der Waals surface area contributed by atoms with Crippen LogP contribution in [-0.4, -0.2) is 52.7 Å². The van der Waals surface area contributed by atoms with Crippen LogP contribution in [0, 0.1) is 0 Å². The van der Waals surface area contributed by atoms with E-state index in [0.29, 0.717) is 22.5 Å². The number of hydrogen-bond acceptors (Lipinski definition) is 7. The molecule has 0 aliphatic carbocycles. The molecule has 0 fully saturated rings. The van der Waals surface area contributed by atoms with Crippen molar-refractivity contribution in [2.24, 2.45) is 0 Å². The van der Waals surface area contributed by atoms with E-state index in [1.54, 1.807) is 48.5 Å². The predicted molar refractivity (Wildman–Crippen MR) is 88.8 cm³/mol. The van der Waals surface area contributed by atoms with Gasteiger partial charge in [0.05, 0.1) is 37.7 Å². The quantitative estimate of drug-likeness (QED) is 0.426. The Morgan fingerprint density at radius 1 is 0.708 bits per heavy atom. The molecule has 0 spiro atoms. The van der Waals surface area contributed by atoms with Crippen LogP contribution in [0.1, 0.15) is 15.9 Å². The number of carbonyl (C=O) groups is 1. The van der Waals surface area contributed by atoms with Gasteiger partial charge in [0.15, 0.2) is 5.78 Å². The Balaban J connectivity index is 2.11. The first-order valence-corrected chi connectivity index (χ1v) is 7.46. The summed E-state index contributed by atoms with van der Waals surface area (Å²) in [7, 11) is 0. The van der Waals surface area contributed by atoms with Gasteiger partial charge in [-0.05, 0) is 48.5 Å². The predicted octanol–water partition coefficient (Wildman–Crippen LogP) is 1.29. The van der Waals surface area contributed by atoms with Crippen LogP contribution in [0.25, 0.3) is 0 Å². The zero-order chi connectivity index (χ0) is 17.5. The van der Waals surface area contributed by atoms with E-state index in [1.807, 2.05) is 0 Å². The number of carbonyl (C=O) groups excluding carboxylic acids is 1. The first-order valence-electron chi connectivity index (χ1n) is 7.46. The molecule has 0 saturated heterocycles. The Bertz CT molecular complexity index is 600. The maximum absolute atomic E-state index is 12.4. The molecule has 2 rings (SSSR count). The second-order valence-corrected chi connectivity index (χ2v) is 5.12. The zero-order valence-electron chi connectivity index (χ0n) is 13.0. The summed E-state index contributed by atoms with van der Waals surface area (Å²) < 4.78 is 0. The van der Waals surface area contributed by atoms with Crippen molar-refractivity contribution in [3.8, 4) is 0 Å². The summed E-state index contributed by atoms with van der Waals surface area (Å²) in [6.07, 6.45) is 0. The highest BCUT2D eigenvalue weighted by molar-refractivity contribution is 6.09. The highest BCUT2D eigenvalue weighted by Gasteiger charge is 2.11. The van der Waals surface area contributed by atoms with Gasteiger partial charge in [-0.15, -0.1) is 0 Å². The molecule has 0 unspecified atom stereocenters. The monoisotopic (exact) mass is 332 g/mol. The number of nitrogens with zero attached hydrogens (tertiary/aromatic N) is 2. The average Bonchev–Trinajstić information content (AvgIpc) is 2.62. The molecule has 0 bridgehead atoms. The molecule has 7 heteroatoms. The number of anilines is 2. The number of aliphatic hydroxyl groups excluding tert-OH is 2. The highest BCUT2D eigenvalue weighted by atomic mass is 16.5. The molecule has 0 atom stereocenters. The van der Waals surface area contributed by atoms with E-state index in [0.717, 1.165) is 10.1 Å². The highest BCUT2D eigenvalue weighted by Crippen LogP contribution is 2.18. The lowest BCUT2D eigenvalue weighted by Crippen LogP contribution is -2.22. The van der Waals surface area contributed by atoms with E-state index in [2.05, 4.69) is 0 Å². The summed E-state index contributed by atoms with van der Waals surface area (Å²) in [6, 6.07) is 12.7. The molecule has 2 aromatic carbocycles. The fourth-order valence-electron chi connectivity index (χ4n) is 2.18. The van der Waals surface area contributed by atoms with Crippen molar-refractivity contribution in [1.82, 2.24) is 0 Å². The van der Waals surface area contributed by atoms with Crippen molar-refractivity contribution in [3.63, 3.8) is 0 Å². The third-order valence-corrected chi connectivity index (χ3v) is 3.48. The lowest BCUT2D eigenvalue weighted by molar-refractivity contribution is 0.103. The van der Waals surface area contributed by atoms with Gasteiger partial charge in [0, 0.05) is 11.1 Å². The van der Waals surface area contributed by atoms with Crippen LogP contribution >= 0.6 is 0 Å². The third kappa shape index (κ3) is 4.30. The Morgan fingerprint density at radius 2 is 1.04 bits per heavy atom. The average molecular weight is 332 g/mol. The summed E-state index contributed by atoms with van der Waals surface area (Å²) in [5, 5.41) is 38.7. The largest absolute Gasteiger partial charge is 0.394 e. The van der Waals surface area contributed by atoms with Gasteiger partial charge < -0.3 is 10.2 Å². The SMILES string of the molecule is O=C(c1ccc(N(O)CCO)cc1)c1ccc(N(O)CCO)cc1. The minimum Gasteiger partial charge on any atom is -0.394 e. The molecule has 0 radical (unpaired) electrons. The van der Waals surface area contributed by atoms with Gasteiger partial charge in [0.25, 0.3) is 0 Å². The standard InChI is InChI=1S/C17H20N2O5/c20-11-9-18(23)15-5-1-13(2-6-15)17(22)14-3-7-16(8-4-14)19(24)10-12-21/h1-8,20-21,23-24H,9-12H2. The molecule has 2 aromatic rings. The zero-order valence-corrected chi connectivity index (χ0v) is 13.0. The van der Waals surface area contributed by atoms with Gasteiger partial charge in [-0.25, -0.2) is 0 Å². The van der Waals surface area contributed by atoms with Gasteiger partial charge in [-0.2, -0.15) is 0 Å². The lowest BCUT2D eigenvalue weighted by Gasteiger charge is -2.16. The van der Waals surface area contributed by atoms with Crippen LogP contribution in [0.4, 0.5) is 11.4 Å². The van der Waals surface area contributed by atoms with E-state index in [4.69, 9.17) is 10.2 Å². The van der Waals surface area contributed by atoms with E-state index in [1.165, 1.54) is 0 Å². The van der Waals surface area contributed by atoms with Crippen molar-refractivity contribution in [2.45, 2.75) is 0 Å². The van der Waals surface area contributed by atoms with Crippen LogP contribution in [-0.2, 0) is 0 Å². The van der Waals surface area contributed by atoms with E-state index < -0.39 is 0 Å². The molecular weight excluding hydrogens is 312 g/mol. The minimum absolute atomic E-state index is 0.0836. The molecule has 0 aliphatic heterocycles. The lowest BCUT2D eigenvalue weighted by atomic mass is 10.0. The number of rotatable bonds is 8. The second-order valence-electron chi connectivity index (χ2n) is 5.12. The molecule has 0 heterocycles. The maximum atomic E-state index is 12.4. The number of hydroxylamine groups is 2. The van der Waals surface area contributed by atoms with Crippen molar-refractivity contribution in [3.05, 3.63) is 59.7 Å². The summed E-state index contributed by atoms with van der Waals surface area (Å²) in [5.74, 6) is -0.189. The van der Waals surface area contributed by atoms with Gasteiger partial charge in [0.1, 0.15) is 0 Å². The minimum atomic E-state index is -0.189. The van der Waals surface area contributed by atoms with Crippen LogP contribution < -0.4 is 10.1 Å². The van der Waals surface area contributed by atoms with Crippen LogP contribution in [0.2, 0.25) is 0 Å². The summed E-state index contributed by atoms with van der Waals surface area (Å²) in [5.41, 5.74) is 1.88. The first kappa shape index (κ1) is 17.9. The summed E-state index contributed by atoms with van der Waals surface area (Å²) in [6.45, 7) is -0.191. The van der Waals surface area contributed by atoms with Crippen LogP contribution in [0.5, 0.6) is 0 Å². The molecule has 0 aromatic heterocycles. The molecule has 4 N–H and O–H groups in total. The van der Waals surface area contributed by atoms with Crippen LogP contribution in [0.3, 0.4) is 0 Å². The molecule has 7 nitrogen and oxygen atoms in total. The first-order chi connectivity index (χ1) is 11.6. The Kier molecular flexibility index (Phi) is 6.28. The fraction of sp³-hybridized carbons (Fsp3) is 0.235. The number of hydrogen-bond donors (Lipinski definition) is 4. The van der Waals surface area contributed by atoms with Crippen molar-refractivity contribution >= 4 is 17.2 Å². The third-order valence-electron chi connectivity index (χ3n) is 3.48. The molecule has 0 aliphatic rings. The topological polar surface area (TPSA) is 104 Å². The fourth-order valence-corrected chi connectivity index (χ4v) is 2.18. The normalized spacial score (nSPS) is 10.5. The van der Waals surface area contributed by atoms with Crippen molar-refractivity contribution in [1.29, 1.82) is 0 Å². The van der Waals surface area contributed by atoms with Gasteiger partial charge in [-0.3, -0.25) is 25.3 Å². The summed E-state index contributed by atoms with van der Waals surface area (Å²) in [4.78, 5) is 12.4. The number of ketones is 1. The molecule has 0 saturated carbocycles. The Labute approximate surface area is 139 Å². The Hall–Kier alpha value is -2.45. The molecule has 24 heavy (non-hydrogen) atoms. The van der Waals surface area contributed by atoms with E-state index in [-0.39, 0.29) is 32.1 Å². The van der Waals surface area contributed by atoms with E-state index in [9.17, 15) is 15.2 Å². The van der Waals surface area contributed by atoms with Gasteiger partial charge in [0.2, 0.25) is 0 Å². The summed E-state index contributed by atoms with van der Waals surface area (Å²) >= 11 is 0. The van der Waals surface area contributed by atoms with E-state index >= 15 is 0 Å². The maximum Gasteiger partial charge on any atom is 0.193 e. The molecular formula is C17H20N2O5. The Morgan fingerprint density at radius 3 is 1.33 bits per heavy atom. The van der Waals surface area contributed by atoms with Crippen molar-refractivity contribution in [2.75, 3.05) is 36.4 Å². The molecule has 128 valence electrons. The molecule has 0 amide bonds. The smallest absolute Gasteiger partial charge is 0.193 e.